The van der Waals surface area contributed by atoms with Crippen LogP contribution in [0.5, 0.6) is 0 Å². The molecule has 0 spiro atoms. The van der Waals surface area contributed by atoms with Crippen LogP contribution >= 0.6 is 0 Å². The average molecular weight is 390 g/mol. The van der Waals surface area contributed by atoms with Crippen molar-refractivity contribution in [3.8, 4) is 0 Å². The highest BCUT2D eigenvalue weighted by Crippen LogP contribution is 2.35. The molecule has 1 atom stereocenters. The van der Waals surface area contributed by atoms with E-state index in [0.717, 1.165) is 42.8 Å². The minimum absolute atomic E-state index is 0.0707. The monoisotopic (exact) mass is 389 g/mol. The molecule has 29 heavy (non-hydrogen) atoms. The van der Waals surface area contributed by atoms with E-state index in [1.807, 2.05) is 17.9 Å². The summed E-state index contributed by atoms with van der Waals surface area (Å²) in [5.41, 5.74) is 8.90. The summed E-state index contributed by atoms with van der Waals surface area (Å²) in [5, 5.41) is 0. The number of fused-ring (bicyclic) bond motifs is 1. The van der Waals surface area contributed by atoms with Gasteiger partial charge in [-0.15, -0.1) is 0 Å². The Labute approximate surface area is 173 Å². The van der Waals surface area contributed by atoms with Gasteiger partial charge in [0, 0.05) is 19.5 Å². The lowest BCUT2D eigenvalue weighted by molar-refractivity contribution is -0.131. The van der Waals surface area contributed by atoms with Crippen molar-refractivity contribution in [2.75, 3.05) is 6.54 Å². The van der Waals surface area contributed by atoms with Gasteiger partial charge in [0.1, 0.15) is 5.82 Å². The summed E-state index contributed by atoms with van der Waals surface area (Å²) in [7, 11) is 0. The number of aryl methyl sites for hydroxylation is 2. The molecule has 152 valence electrons. The minimum atomic E-state index is 0.0707. The summed E-state index contributed by atoms with van der Waals surface area (Å²) in [4.78, 5) is 19.6. The van der Waals surface area contributed by atoms with Crippen LogP contribution < -0.4 is 0 Å². The van der Waals surface area contributed by atoms with Gasteiger partial charge in [-0.1, -0.05) is 25.1 Å². The van der Waals surface area contributed by atoms with E-state index in [2.05, 4.69) is 56.5 Å². The first kappa shape index (κ1) is 19.7. The normalized spacial score (nSPS) is 16.7. The maximum Gasteiger partial charge on any atom is 0.222 e. The van der Waals surface area contributed by atoms with E-state index in [1.165, 1.54) is 27.8 Å². The minimum Gasteiger partial charge on any atom is -0.333 e. The Hall–Kier alpha value is -2.62. The fraction of sp³-hybridized carbons (Fsp3) is 0.440. The van der Waals surface area contributed by atoms with Gasteiger partial charge in [-0.05, 0) is 80.5 Å². The highest BCUT2D eigenvalue weighted by Gasteiger charge is 2.33. The molecular formula is C25H31N3O. The van der Waals surface area contributed by atoms with Gasteiger partial charge in [-0.3, -0.25) is 4.79 Å². The predicted octanol–water partition coefficient (Wildman–Crippen LogP) is 5.39. The number of likely N-dealkylation sites (tertiary alicyclic amines) is 1. The van der Waals surface area contributed by atoms with Crippen molar-refractivity contribution in [2.45, 2.75) is 66.5 Å². The summed E-state index contributed by atoms with van der Waals surface area (Å²) in [6.07, 6.45) is 2.58. The van der Waals surface area contributed by atoms with Gasteiger partial charge in [-0.2, -0.15) is 0 Å². The number of carbonyl (C=O) groups is 1. The summed E-state index contributed by atoms with van der Waals surface area (Å²) in [5.74, 6) is 1.26. The zero-order valence-electron chi connectivity index (χ0n) is 18.2. The van der Waals surface area contributed by atoms with E-state index in [4.69, 9.17) is 4.98 Å². The quantitative estimate of drug-likeness (QED) is 0.600. The molecule has 2 aromatic carbocycles. The van der Waals surface area contributed by atoms with Gasteiger partial charge in [-0.25, -0.2) is 4.98 Å². The fourth-order valence-corrected chi connectivity index (χ4v) is 4.75. The standard InChI is InChI=1S/C25H31N3O/c1-6-24(29)27-13-9-12-23(27)25-26-21-10-7-8-11-22(21)28(25)15-20-18(4)16(2)14-17(3)19(20)5/h7-8,10-11,14,23H,6,9,12-13,15H2,1-5H3/t23-/m1/s1. The molecule has 0 radical (unpaired) electrons. The molecule has 3 aromatic rings. The van der Waals surface area contributed by atoms with Crippen LogP contribution in [-0.4, -0.2) is 26.9 Å². The van der Waals surface area contributed by atoms with Crippen molar-refractivity contribution in [3.63, 3.8) is 0 Å². The number of hydrogen-bond donors (Lipinski definition) is 0. The molecule has 1 saturated heterocycles. The second-order valence-corrected chi connectivity index (χ2v) is 8.38. The lowest BCUT2D eigenvalue weighted by Gasteiger charge is -2.25. The molecule has 2 heterocycles. The number of hydrogen-bond acceptors (Lipinski definition) is 2. The zero-order valence-corrected chi connectivity index (χ0v) is 18.2. The van der Waals surface area contributed by atoms with Crippen molar-refractivity contribution in [1.29, 1.82) is 0 Å². The molecule has 1 aliphatic rings. The van der Waals surface area contributed by atoms with Crippen LogP contribution in [0.4, 0.5) is 0 Å². The summed E-state index contributed by atoms with van der Waals surface area (Å²) >= 11 is 0. The molecule has 0 bridgehead atoms. The van der Waals surface area contributed by atoms with Crippen molar-refractivity contribution >= 4 is 16.9 Å². The summed E-state index contributed by atoms with van der Waals surface area (Å²) < 4.78 is 2.36. The predicted molar refractivity (Wildman–Crippen MR) is 118 cm³/mol. The molecule has 0 N–H and O–H groups in total. The second kappa shape index (κ2) is 7.66. The van der Waals surface area contributed by atoms with Crippen LogP contribution in [-0.2, 0) is 11.3 Å². The highest BCUT2D eigenvalue weighted by molar-refractivity contribution is 5.78. The Kier molecular flexibility index (Phi) is 5.20. The first-order valence-corrected chi connectivity index (χ1v) is 10.7. The third-order valence-corrected chi connectivity index (χ3v) is 6.70. The first-order chi connectivity index (χ1) is 13.9. The van der Waals surface area contributed by atoms with Gasteiger partial charge in [0.15, 0.2) is 0 Å². The molecule has 1 aliphatic heterocycles. The Balaban J connectivity index is 1.87. The number of para-hydroxylation sites is 2. The first-order valence-electron chi connectivity index (χ1n) is 10.7. The third kappa shape index (κ3) is 3.35. The number of amides is 1. The van der Waals surface area contributed by atoms with Gasteiger partial charge < -0.3 is 9.47 Å². The zero-order chi connectivity index (χ0) is 20.7. The molecule has 4 nitrogen and oxygen atoms in total. The molecule has 0 unspecified atom stereocenters. The van der Waals surface area contributed by atoms with Crippen LogP contribution in [0.15, 0.2) is 30.3 Å². The molecule has 0 aliphatic carbocycles. The molecule has 1 fully saturated rings. The largest absolute Gasteiger partial charge is 0.333 e. The van der Waals surface area contributed by atoms with Gasteiger partial charge in [0.25, 0.3) is 0 Å². The van der Waals surface area contributed by atoms with Crippen LogP contribution in [0, 0.1) is 27.7 Å². The maximum absolute atomic E-state index is 12.6. The molecule has 4 heteroatoms. The maximum atomic E-state index is 12.6. The average Bonchev–Trinajstić information content (AvgIpc) is 3.33. The number of nitrogens with zero attached hydrogens (tertiary/aromatic N) is 3. The third-order valence-electron chi connectivity index (χ3n) is 6.70. The van der Waals surface area contributed by atoms with E-state index < -0.39 is 0 Å². The van der Waals surface area contributed by atoms with Gasteiger partial charge in [0.2, 0.25) is 5.91 Å². The number of benzene rings is 2. The van der Waals surface area contributed by atoms with Gasteiger partial charge in [0.05, 0.1) is 17.1 Å². The molecule has 0 saturated carbocycles. The fourth-order valence-electron chi connectivity index (χ4n) is 4.75. The van der Waals surface area contributed by atoms with E-state index >= 15 is 0 Å². The van der Waals surface area contributed by atoms with E-state index in [1.54, 1.807) is 0 Å². The van der Waals surface area contributed by atoms with E-state index in [-0.39, 0.29) is 11.9 Å². The van der Waals surface area contributed by atoms with Crippen LogP contribution in [0.1, 0.15) is 65.9 Å². The Bertz CT molecular complexity index is 1050. The highest BCUT2D eigenvalue weighted by atomic mass is 16.2. The lowest BCUT2D eigenvalue weighted by Crippen LogP contribution is -2.31. The number of aromatic nitrogens is 2. The molecule has 4 rings (SSSR count). The van der Waals surface area contributed by atoms with Crippen LogP contribution in [0.2, 0.25) is 0 Å². The molecular weight excluding hydrogens is 358 g/mol. The molecule has 1 amide bonds. The van der Waals surface area contributed by atoms with Crippen molar-refractivity contribution in [1.82, 2.24) is 14.5 Å². The summed E-state index contributed by atoms with van der Waals surface area (Å²) in [6.45, 7) is 12.4. The number of imidazole rings is 1. The number of rotatable bonds is 4. The van der Waals surface area contributed by atoms with Crippen molar-refractivity contribution in [2.24, 2.45) is 0 Å². The molecule has 1 aromatic heterocycles. The SMILES string of the molecule is CCC(=O)N1CCC[C@@H]1c1nc2ccccc2n1Cc1c(C)c(C)cc(C)c1C. The summed E-state index contributed by atoms with van der Waals surface area (Å²) in [6, 6.07) is 10.7. The van der Waals surface area contributed by atoms with Gasteiger partial charge >= 0.3 is 0 Å². The Morgan fingerprint density at radius 1 is 1.10 bits per heavy atom. The lowest BCUT2D eigenvalue weighted by atomic mass is 9.94. The Morgan fingerprint density at radius 2 is 1.79 bits per heavy atom. The van der Waals surface area contributed by atoms with Crippen LogP contribution in [0.3, 0.4) is 0 Å². The second-order valence-electron chi connectivity index (χ2n) is 8.38. The Morgan fingerprint density at radius 3 is 2.48 bits per heavy atom. The van der Waals surface area contributed by atoms with Crippen LogP contribution in [0.25, 0.3) is 11.0 Å². The van der Waals surface area contributed by atoms with Crippen molar-refractivity contribution < 1.29 is 4.79 Å². The topological polar surface area (TPSA) is 38.1 Å². The number of carbonyl (C=O) groups excluding carboxylic acids is 1. The van der Waals surface area contributed by atoms with E-state index in [9.17, 15) is 4.79 Å². The van der Waals surface area contributed by atoms with E-state index in [0.29, 0.717) is 6.42 Å². The van der Waals surface area contributed by atoms with Crippen molar-refractivity contribution in [3.05, 3.63) is 64.0 Å². The smallest absolute Gasteiger partial charge is 0.222 e.